The maximum Gasteiger partial charge on any atom is 0.387 e. The number of Topliss-reactive ketones (excluding diaryl/α,β-unsaturated/α-hetero) is 1. The molecule has 16 heavy (non-hydrogen) atoms. The minimum Gasteiger partial charge on any atom is -0.434 e. The van der Waals surface area contributed by atoms with Crippen LogP contribution in [0.25, 0.3) is 0 Å². The van der Waals surface area contributed by atoms with E-state index in [0.29, 0.717) is 15.6 Å². The number of aryl methyl sites for hydroxylation is 1. The first-order chi connectivity index (χ1) is 7.47. The van der Waals surface area contributed by atoms with Gasteiger partial charge in [-0.1, -0.05) is 13.0 Å². The van der Waals surface area contributed by atoms with Crippen LogP contribution in [0, 0.1) is 3.57 Å². The summed E-state index contributed by atoms with van der Waals surface area (Å²) in [6.07, 6.45) is 0.680. The van der Waals surface area contributed by atoms with Crippen molar-refractivity contribution in [3.8, 4) is 5.75 Å². The largest absolute Gasteiger partial charge is 0.434 e. The zero-order valence-electron chi connectivity index (χ0n) is 8.89. The molecule has 1 aromatic carbocycles. The lowest BCUT2D eigenvalue weighted by Crippen LogP contribution is -2.08. The van der Waals surface area contributed by atoms with Gasteiger partial charge >= 0.3 is 6.61 Å². The van der Waals surface area contributed by atoms with Crippen LogP contribution in [0.15, 0.2) is 12.1 Å². The molecule has 1 rings (SSSR count). The molecule has 1 aromatic rings. The maximum absolute atomic E-state index is 12.1. The molecular weight excluding hydrogens is 329 g/mol. The fourth-order valence-corrected chi connectivity index (χ4v) is 2.49. The lowest BCUT2D eigenvalue weighted by Gasteiger charge is -2.12. The highest BCUT2D eigenvalue weighted by Gasteiger charge is 2.17. The molecule has 0 unspecified atom stereocenters. The van der Waals surface area contributed by atoms with Crippen molar-refractivity contribution in [1.82, 2.24) is 0 Å². The smallest absolute Gasteiger partial charge is 0.387 e. The van der Waals surface area contributed by atoms with Gasteiger partial charge in [0.05, 0.1) is 3.57 Å². The zero-order valence-corrected chi connectivity index (χ0v) is 11.0. The third kappa shape index (κ3) is 2.90. The van der Waals surface area contributed by atoms with Crippen LogP contribution in [-0.2, 0) is 6.42 Å². The Hall–Kier alpha value is -0.720. The zero-order chi connectivity index (χ0) is 12.3. The van der Waals surface area contributed by atoms with Crippen LogP contribution in [0.4, 0.5) is 8.78 Å². The number of carbonyl (C=O) groups is 1. The molecule has 0 aliphatic heterocycles. The van der Waals surface area contributed by atoms with Crippen molar-refractivity contribution < 1.29 is 18.3 Å². The lowest BCUT2D eigenvalue weighted by atomic mass is 10.0. The summed E-state index contributed by atoms with van der Waals surface area (Å²) in [5.74, 6) is -0.0843. The fourth-order valence-electron chi connectivity index (χ4n) is 1.46. The summed E-state index contributed by atoms with van der Waals surface area (Å²) >= 11 is 1.86. The molecular formula is C11H11F2IO2. The predicted molar refractivity (Wildman–Crippen MR) is 65.2 cm³/mol. The number of hydrogen-bond donors (Lipinski definition) is 0. The topological polar surface area (TPSA) is 26.3 Å². The van der Waals surface area contributed by atoms with Crippen LogP contribution >= 0.6 is 22.6 Å². The molecule has 0 amide bonds. The second-order valence-corrected chi connectivity index (χ2v) is 4.28. The number of benzene rings is 1. The standard InChI is InChI=1S/C11H11F2IO2/c1-3-7-4-5-8(16-11(12)13)10(14)9(7)6(2)15/h4-5,11H,3H2,1-2H3. The van der Waals surface area contributed by atoms with Gasteiger partial charge < -0.3 is 4.74 Å². The van der Waals surface area contributed by atoms with Gasteiger partial charge in [0, 0.05) is 5.56 Å². The minimum atomic E-state index is -2.87. The molecule has 0 atom stereocenters. The third-order valence-electron chi connectivity index (χ3n) is 2.14. The van der Waals surface area contributed by atoms with Crippen LogP contribution in [0.2, 0.25) is 0 Å². The van der Waals surface area contributed by atoms with Crippen molar-refractivity contribution in [2.24, 2.45) is 0 Å². The molecule has 0 aliphatic rings. The van der Waals surface area contributed by atoms with Crippen LogP contribution in [0.1, 0.15) is 29.8 Å². The number of ether oxygens (including phenoxy) is 1. The molecule has 0 fully saturated rings. The molecule has 0 saturated heterocycles. The molecule has 5 heteroatoms. The Balaban J connectivity index is 3.26. The van der Waals surface area contributed by atoms with Gasteiger partial charge in [0.15, 0.2) is 5.78 Å². The molecule has 0 aromatic heterocycles. The lowest BCUT2D eigenvalue weighted by molar-refractivity contribution is -0.0504. The molecule has 0 aliphatic carbocycles. The Morgan fingerprint density at radius 1 is 1.50 bits per heavy atom. The van der Waals surface area contributed by atoms with Gasteiger partial charge in [-0.25, -0.2) is 0 Å². The van der Waals surface area contributed by atoms with E-state index in [0.717, 1.165) is 5.56 Å². The van der Waals surface area contributed by atoms with E-state index in [-0.39, 0.29) is 11.5 Å². The Labute approximate surface area is 106 Å². The van der Waals surface area contributed by atoms with Crippen molar-refractivity contribution in [2.75, 3.05) is 0 Å². The third-order valence-corrected chi connectivity index (χ3v) is 3.21. The van der Waals surface area contributed by atoms with E-state index in [4.69, 9.17) is 0 Å². The summed E-state index contributed by atoms with van der Waals surface area (Å²) in [4.78, 5) is 11.4. The average molecular weight is 340 g/mol. The molecule has 0 bridgehead atoms. The first-order valence-electron chi connectivity index (χ1n) is 4.74. The van der Waals surface area contributed by atoms with E-state index in [1.54, 1.807) is 6.07 Å². The van der Waals surface area contributed by atoms with Crippen LogP contribution in [0.5, 0.6) is 5.75 Å². The number of hydrogen-bond acceptors (Lipinski definition) is 2. The van der Waals surface area contributed by atoms with Gasteiger partial charge in [0.25, 0.3) is 0 Å². The Morgan fingerprint density at radius 3 is 2.56 bits per heavy atom. The first kappa shape index (κ1) is 13.3. The number of alkyl halides is 2. The Bertz CT molecular complexity index is 405. The highest BCUT2D eigenvalue weighted by Crippen LogP contribution is 2.29. The maximum atomic E-state index is 12.1. The molecule has 0 spiro atoms. The van der Waals surface area contributed by atoms with Crippen molar-refractivity contribution in [1.29, 1.82) is 0 Å². The summed E-state index contributed by atoms with van der Waals surface area (Å²) in [5.41, 5.74) is 1.32. The second kappa shape index (κ2) is 5.56. The normalized spacial score (nSPS) is 10.6. The minimum absolute atomic E-state index is 0.0537. The van der Waals surface area contributed by atoms with Gasteiger partial charge in [-0.05, 0) is 47.6 Å². The summed E-state index contributed by atoms with van der Waals surface area (Å²) in [6, 6.07) is 3.12. The van der Waals surface area contributed by atoms with Gasteiger partial charge in [-0.15, -0.1) is 0 Å². The van der Waals surface area contributed by atoms with E-state index in [1.165, 1.54) is 13.0 Å². The van der Waals surface area contributed by atoms with Gasteiger partial charge in [-0.2, -0.15) is 8.78 Å². The summed E-state index contributed by atoms with van der Waals surface area (Å²) < 4.78 is 29.0. The summed E-state index contributed by atoms with van der Waals surface area (Å²) in [7, 11) is 0. The predicted octanol–water partition coefficient (Wildman–Crippen LogP) is 3.66. The number of ketones is 1. The summed E-state index contributed by atoms with van der Waals surface area (Å²) in [6.45, 7) is 0.453. The van der Waals surface area contributed by atoms with Crippen molar-refractivity contribution in [3.63, 3.8) is 0 Å². The van der Waals surface area contributed by atoms with Crippen molar-refractivity contribution in [3.05, 3.63) is 26.8 Å². The van der Waals surface area contributed by atoms with E-state index < -0.39 is 6.61 Å². The fraction of sp³-hybridized carbons (Fsp3) is 0.364. The SMILES string of the molecule is CCc1ccc(OC(F)F)c(I)c1C(C)=O. The molecule has 0 N–H and O–H groups in total. The molecule has 88 valence electrons. The van der Waals surface area contributed by atoms with Crippen molar-refractivity contribution in [2.45, 2.75) is 26.9 Å². The highest BCUT2D eigenvalue weighted by molar-refractivity contribution is 14.1. The van der Waals surface area contributed by atoms with E-state index in [2.05, 4.69) is 4.74 Å². The quantitative estimate of drug-likeness (QED) is 0.618. The number of halogens is 3. The summed E-state index contributed by atoms with van der Waals surface area (Å²) in [5, 5.41) is 0. The number of carbonyl (C=O) groups excluding carboxylic acids is 1. The van der Waals surface area contributed by atoms with E-state index >= 15 is 0 Å². The Morgan fingerprint density at radius 2 is 2.12 bits per heavy atom. The van der Waals surface area contributed by atoms with Gasteiger partial charge in [0.1, 0.15) is 5.75 Å². The van der Waals surface area contributed by atoms with Crippen molar-refractivity contribution >= 4 is 28.4 Å². The van der Waals surface area contributed by atoms with Crippen LogP contribution in [0.3, 0.4) is 0 Å². The molecule has 0 heterocycles. The van der Waals surface area contributed by atoms with E-state index in [9.17, 15) is 13.6 Å². The van der Waals surface area contributed by atoms with Gasteiger partial charge in [-0.3, -0.25) is 4.79 Å². The van der Waals surface area contributed by atoms with Gasteiger partial charge in [0.2, 0.25) is 0 Å². The molecule has 0 radical (unpaired) electrons. The first-order valence-corrected chi connectivity index (χ1v) is 5.82. The highest BCUT2D eigenvalue weighted by atomic mass is 127. The monoisotopic (exact) mass is 340 g/mol. The van der Waals surface area contributed by atoms with Crippen LogP contribution < -0.4 is 4.74 Å². The average Bonchev–Trinajstić information content (AvgIpc) is 2.19. The Kier molecular flexibility index (Phi) is 4.64. The van der Waals surface area contributed by atoms with Crippen LogP contribution in [-0.4, -0.2) is 12.4 Å². The second-order valence-electron chi connectivity index (χ2n) is 3.20. The van der Waals surface area contributed by atoms with E-state index in [1.807, 2.05) is 29.5 Å². The number of rotatable bonds is 4. The molecule has 2 nitrogen and oxygen atoms in total. The molecule has 0 saturated carbocycles.